The van der Waals surface area contributed by atoms with Crippen LogP contribution in [0.1, 0.15) is 12.1 Å². The standard InChI is InChI=1S/C14H15NO2/c16-14(7-8-17-10-14)9-12-6-5-11-3-1-2-4-13(11)15-12/h1-6,16H,7-10H2. The second-order valence-corrected chi connectivity index (χ2v) is 4.70. The van der Waals surface area contributed by atoms with Gasteiger partial charge in [-0.3, -0.25) is 4.98 Å². The van der Waals surface area contributed by atoms with Crippen LogP contribution in [0.25, 0.3) is 10.9 Å². The molecule has 3 heteroatoms. The molecule has 0 bridgehead atoms. The van der Waals surface area contributed by atoms with Crippen LogP contribution < -0.4 is 0 Å². The second kappa shape index (κ2) is 4.09. The Morgan fingerprint density at radius 2 is 2.12 bits per heavy atom. The molecule has 0 saturated carbocycles. The van der Waals surface area contributed by atoms with Gasteiger partial charge in [-0.2, -0.15) is 0 Å². The number of ether oxygens (including phenoxy) is 1. The van der Waals surface area contributed by atoms with E-state index in [1.165, 1.54) is 0 Å². The highest BCUT2D eigenvalue weighted by atomic mass is 16.5. The van der Waals surface area contributed by atoms with E-state index in [-0.39, 0.29) is 0 Å². The fraction of sp³-hybridized carbons (Fsp3) is 0.357. The molecular formula is C14H15NO2. The molecule has 17 heavy (non-hydrogen) atoms. The molecule has 1 aliphatic heterocycles. The fourth-order valence-corrected chi connectivity index (χ4v) is 2.28. The number of nitrogens with zero attached hydrogens (tertiary/aromatic N) is 1. The summed E-state index contributed by atoms with van der Waals surface area (Å²) in [6, 6.07) is 12.1. The normalized spacial score (nSPS) is 24.3. The quantitative estimate of drug-likeness (QED) is 0.855. The van der Waals surface area contributed by atoms with Gasteiger partial charge in [-0.1, -0.05) is 24.3 Å². The largest absolute Gasteiger partial charge is 0.387 e. The number of pyridine rings is 1. The van der Waals surface area contributed by atoms with Gasteiger partial charge in [0.2, 0.25) is 0 Å². The van der Waals surface area contributed by atoms with E-state index in [2.05, 4.69) is 11.1 Å². The summed E-state index contributed by atoms with van der Waals surface area (Å²) in [5, 5.41) is 11.4. The van der Waals surface area contributed by atoms with E-state index in [4.69, 9.17) is 4.74 Å². The van der Waals surface area contributed by atoms with E-state index in [9.17, 15) is 5.11 Å². The van der Waals surface area contributed by atoms with E-state index in [0.29, 0.717) is 26.1 Å². The number of aliphatic hydroxyl groups is 1. The Balaban J connectivity index is 1.90. The van der Waals surface area contributed by atoms with Gasteiger partial charge in [0.25, 0.3) is 0 Å². The summed E-state index contributed by atoms with van der Waals surface area (Å²) < 4.78 is 5.24. The molecule has 1 saturated heterocycles. The molecule has 1 aromatic heterocycles. The molecule has 3 nitrogen and oxygen atoms in total. The van der Waals surface area contributed by atoms with Crippen molar-refractivity contribution in [1.29, 1.82) is 0 Å². The average Bonchev–Trinajstić information content (AvgIpc) is 2.76. The molecule has 1 unspecified atom stereocenters. The van der Waals surface area contributed by atoms with Crippen LogP contribution in [0.4, 0.5) is 0 Å². The van der Waals surface area contributed by atoms with Crippen LogP contribution in [0.15, 0.2) is 36.4 Å². The Morgan fingerprint density at radius 1 is 1.24 bits per heavy atom. The van der Waals surface area contributed by atoms with Gasteiger partial charge in [0.15, 0.2) is 0 Å². The van der Waals surface area contributed by atoms with E-state index >= 15 is 0 Å². The third-order valence-electron chi connectivity index (χ3n) is 3.25. The fourth-order valence-electron chi connectivity index (χ4n) is 2.28. The zero-order chi connectivity index (χ0) is 11.7. The van der Waals surface area contributed by atoms with E-state index in [0.717, 1.165) is 16.6 Å². The molecule has 88 valence electrons. The highest BCUT2D eigenvalue weighted by molar-refractivity contribution is 5.78. The SMILES string of the molecule is OC1(Cc2ccc3ccccc3n2)CCOC1. The number of hydrogen-bond acceptors (Lipinski definition) is 3. The summed E-state index contributed by atoms with van der Waals surface area (Å²) in [5.74, 6) is 0. The summed E-state index contributed by atoms with van der Waals surface area (Å²) in [7, 11) is 0. The minimum Gasteiger partial charge on any atom is -0.387 e. The Labute approximate surface area is 100 Å². The highest BCUT2D eigenvalue weighted by Crippen LogP contribution is 2.23. The predicted molar refractivity (Wildman–Crippen MR) is 65.8 cm³/mol. The van der Waals surface area contributed by atoms with Crippen molar-refractivity contribution in [1.82, 2.24) is 4.98 Å². The third-order valence-corrected chi connectivity index (χ3v) is 3.25. The molecule has 1 aliphatic rings. The number of fused-ring (bicyclic) bond motifs is 1. The lowest BCUT2D eigenvalue weighted by Crippen LogP contribution is -2.31. The molecule has 3 rings (SSSR count). The lowest BCUT2D eigenvalue weighted by atomic mass is 9.96. The highest BCUT2D eigenvalue weighted by Gasteiger charge is 2.32. The first-order valence-electron chi connectivity index (χ1n) is 5.90. The molecule has 2 aromatic rings. The van der Waals surface area contributed by atoms with Gasteiger partial charge in [0.1, 0.15) is 0 Å². The van der Waals surface area contributed by atoms with Crippen molar-refractivity contribution < 1.29 is 9.84 Å². The van der Waals surface area contributed by atoms with E-state index in [1.54, 1.807) is 0 Å². The van der Waals surface area contributed by atoms with Gasteiger partial charge in [-0.15, -0.1) is 0 Å². The number of para-hydroxylation sites is 1. The van der Waals surface area contributed by atoms with Gasteiger partial charge >= 0.3 is 0 Å². The van der Waals surface area contributed by atoms with Gasteiger partial charge in [0.05, 0.1) is 17.7 Å². The first-order valence-corrected chi connectivity index (χ1v) is 5.90. The van der Waals surface area contributed by atoms with Crippen LogP contribution in [-0.4, -0.2) is 28.9 Å². The van der Waals surface area contributed by atoms with Crippen LogP contribution in [0.5, 0.6) is 0 Å². The van der Waals surface area contributed by atoms with Crippen LogP contribution >= 0.6 is 0 Å². The van der Waals surface area contributed by atoms with Crippen molar-refractivity contribution in [3.05, 3.63) is 42.1 Å². The monoisotopic (exact) mass is 229 g/mol. The lowest BCUT2D eigenvalue weighted by molar-refractivity contribution is 0.0263. The molecule has 1 fully saturated rings. The predicted octanol–water partition coefficient (Wildman–Crippen LogP) is 1.93. The number of benzene rings is 1. The van der Waals surface area contributed by atoms with Crippen molar-refractivity contribution in [2.45, 2.75) is 18.4 Å². The van der Waals surface area contributed by atoms with Crippen molar-refractivity contribution in [3.63, 3.8) is 0 Å². The molecule has 2 heterocycles. The Bertz CT molecular complexity index is 532. The molecule has 0 aliphatic carbocycles. The Kier molecular flexibility index (Phi) is 2.57. The maximum absolute atomic E-state index is 10.3. The maximum Gasteiger partial charge on any atom is 0.0957 e. The topological polar surface area (TPSA) is 42.4 Å². The van der Waals surface area contributed by atoms with Gasteiger partial charge < -0.3 is 9.84 Å². The van der Waals surface area contributed by atoms with E-state index in [1.807, 2.05) is 30.3 Å². The summed E-state index contributed by atoms with van der Waals surface area (Å²) in [5.41, 5.74) is 1.18. The average molecular weight is 229 g/mol. The van der Waals surface area contributed by atoms with Crippen molar-refractivity contribution in [2.24, 2.45) is 0 Å². The van der Waals surface area contributed by atoms with Crippen LogP contribution in [-0.2, 0) is 11.2 Å². The molecule has 0 spiro atoms. The molecule has 1 aromatic carbocycles. The minimum absolute atomic E-state index is 0.418. The zero-order valence-electron chi connectivity index (χ0n) is 9.60. The van der Waals surface area contributed by atoms with Gasteiger partial charge in [0, 0.05) is 30.5 Å². The molecule has 1 atom stereocenters. The minimum atomic E-state index is -0.727. The zero-order valence-corrected chi connectivity index (χ0v) is 9.60. The number of aromatic nitrogens is 1. The number of hydrogen-bond donors (Lipinski definition) is 1. The molecule has 0 amide bonds. The summed E-state index contributed by atoms with van der Waals surface area (Å²) in [6.45, 7) is 1.06. The first kappa shape index (κ1) is 10.7. The lowest BCUT2D eigenvalue weighted by Gasteiger charge is -2.19. The van der Waals surface area contributed by atoms with Crippen LogP contribution in [0.2, 0.25) is 0 Å². The van der Waals surface area contributed by atoms with Crippen LogP contribution in [0.3, 0.4) is 0 Å². The molecule has 1 N–H and O–H groups in total. The third kappa shape index (κ3) is 2.16. The Morgan fingerprint density at radius 3 is 2.94 bits per heavy atom. The van der Waals surface area contributed by atoms with Crippen molar-refractivity contribution >= 4 is 10.9 Å². The van der Waals surface area contributed by atoms with Crippen molar-refractivity contribution in [3.8, 4) is 0 Å². The number of rotatable bonds is 2. The Hall–Kier alpha value is -1.45. The maximum atomic E-state index is 10.3. The molecule has 0 radical (unpaired) electrons. The van der Waals surface area contributed by atoms with Gasteiger partial charge in [-0.05, 0) is 12.1 Å². The van der Waals surface area contributed by atoms with Crippen LogP contribution in [0, 0.1) is 0 Å². The van der Waals surface area contributed by atoms with Gasteiger partial charge in [-0.25, -0.2) is 0 Å². The first-order chi connectivity index (χ1) is 8.25. The summed E-state index contributed by atoms with van der Waals surface area (Å²) in [6.07, 6.45) is 1.26. The smallest absolute Gasteiger partial charge is 0.0957 e. The van der Waals surface area contributed by atoms with Crippen molar-refractivity contribution in [2.75, 3.05) is 13.2 Å². The van der Waals surface area contributed by atoms with E-state index < -0.39 is 5.60 Å². The summed E-state index contributed by atoms with van der Waals surface area (Å²) in [4.78, 5) is 4.57. The summed E-state index contributed by atoms with van der Waals surface area (Å²) >= 11 is 0. The molecular weight excluding hydrogens is 214 g/mol. The second-order valence-electron chi connectivity index (χ2n) is 4.70.